The third-order valence-corrected chi connectivity index (χ3v) is 3.28. The Kier molecular flexibility index (Phi) is 4.04. The van der Waals surface area contributed by atoms with Crippen molar-refractivity contribution in [2.75, 3.05) is 6.54 Å². The summed E-state index contributed by atoms with van der Waals surface area (Å²) in [4.78, 5) is 23.7. The number of hydrogen-bond acceptors (Lipinski definition) is 3. The smallest absolute Gasteiger partial charge is 0.408 e. The molecule has 1 aromatic carbocycles. The fourth-order valence-electron chi connectivity index (χ4n) is 2.27. The van der Waals surface area contributed by atoms with Crippen molar-refractivity contribution in [1.29, 1.82) is 0 Å². The minimum Gasteiger partial charge on any atom is -0.465 e. The Balaban J connectivity index is 1.88. The summed E-state index contributed by atoms with van der Waals surface area (Å²) >= 11 is 0. The van der Waals surface area contributed by atoms with Crippen LogP contribution in [-0.4, -0.2) is 40.8 Å². The van der Waals surface area contributed by atoms with Crippen molar-refractivity contribution < 1.29 is 19.4 Å². The molecule has 0 spiro atoms. The molecule has 1 N–H and O–H groups in total. The maximum Gasteiger partial charge on any atom is 0.408 e. The van der Waals surface area contributed by atoms with Gasteiger partial charge in [-0.3, -0.25) is 4.90 Å². The van der Waals surface area contributed by atoms with Gasteiger partial charge in [0.2, 0.25) is 0 Å². The molecule has 0 bridgehead atoms. The molecule has 1 aromatic rings. The number of esters is 1. The first-order valence-electron chi connectivity index (χ1n) is 6.33. The van der Waals surface area contributed by atoms with E-state index in [0.29, 0.717) is 13.0 Å². The Morgan fingerprint density at radius 3 is 2.58 bits per heavy atom. The van der Waals surface area contributed by atoms with E-state index in [-0.39, 0.29) is 6.10 Å². The first-order chi connectivity index (χ1) is 9.09. The van der Waals surface area contributed by atoms with E-state index in [9.17, 15) is 9.59 Å². The number of carbonyl (C=O) groups excluding carboxylic acids is 1. The van der Waals surface area contributed by atoms with Crippen LogP contribution in [0.25, 0.3) is 0 Å². The number of nitrogens with zero attached hydrogens (tertiary/aromatic N) is 1. The fourth-order valence-corrected chi connectivity index (χ4v) is 2.27. The van der Waals surface area contributed by atoms with Crippen LogP contribution in [-0.2, 0) is 16.0 Å². The van der Waals surface area contributed by atoms with Gasteiger partial charge in [-0.2, -0.15) is 0 Å². The summed E-state index contributed by atoms with van der Waals surface area (Å²) in [6, 6.07) is 9.22. The number of carboxylic acid groups (broad SMARTS) is 1. The second kappa shape index (κ2) is 5.73. The summed E-state index contributed by atoms with van der Waals surface area (Å²) in [6.45, 7) is 2.05. The van der Waals surface area contributed by atoms with E-state index in [2.05, 4.69) is 0 Å². The van der Waals surface area contributed by atoms with Crippen molar-refractivity contribution in [3.63, 3.8) is 0 Å². The van der Waals surface area contributed by atoms with Gasteiger partial charge in [0.15, 0.2) is 6.04 Å². The highest BCUT2D eigenvalue weighted by atomic mass is 16.6. The molecule has 102 valence electrons. The largest absolute Gasteiger partial charge is 0.465 e. The molecular weight excluding hydrogens is 246 g/mol. The van der Waals surface area contributed by atoms with Crippen LogP contribution in [0.1, 0.15) is 18.9 Å². The maximum absolute atomic E-state index is 11.3. The predicted octanol–water partition coefficient (Wildman–Crippen LogP) is 1.91. The molecular formula is C14H17NO4. The maximum atomic E-state index is 11.3. The first-order valence-corrected chi connectivity index (χ1v) is 6.33. The second-order valence-corrected chi connectivity index (χ2v) is 4.65. The van der Waals surface area contributed by atoms with E-state index < -0.39 is 18.1 Å². The minimum atomic E-state index is -1.07. The van der Waals surface area contributed by atoms with E-state index >= 15 is 0 Å². The molecule has 0 aromatic heterocycles. The molecule has 1 unspecified atom stereocenters. The SMILES string of the molecule is C[C@H]1OC(=O)C1N(CCCc1ccccc1)C(=O)O. The van der Waals surface area contributed by atoms with Gasteiger partial charge >= 0.3 is 12.1 Å². The molecule has 0 aliphatic carbocycles. The van der Waals surface area contributed by atoms with Crippen LogP contribution < -0.4 is 0 Å². The number of benzene rings is 1. The van der Waals surface area contributed by atoms with Gasteiger partial charge in [-0.25, -0.2) is 9.59 Å². The molecule has 0 saturated carbocycles. The normalized spacial score (nSPS) is 21.4. The molecule has 1 aliphatic heterocycles. The number of rotatable bonds is 5. The molecule has 1 saturated heterocycles. The standard InChI is InChI=1S/C14H17NO4/c1-10-12(13(16)19-10)15(14(17)18)9-5-8-11-6-3-2-4-7-11/h2-4,6-7,10,12H,5,8-9H2,1H3,(H,17,18)/t10-,12?/m1/s1. The number of ether oxygens (including phenoxy) is 1. The number of aryl methyl sites for hydroxylation is 1. The van der Waals surface area contributed by atoms with Crippen LogP contribution in [0.15, 0.2) is 30.3 Å². The van der Waals surface area contributed by atoms with E-state index in [4.69, 9.17) is 9.84 Å². The average molecular weight is 263 g/mol. The average Bonchev–Trinajstić information content (AvgIpc) is 2.38. The molecule has 1 fully saturated rings. The summed E-state index contributed by atoms with van der Waals surface area (Å²) < 4.78 is 4.80. The highest BCUT2D eigenvalue weighted by molar-refractivity contribution is 5.85. The summed E-state index contributed by atoms with van der Waals surface area (Å²) in [5.41, 5.74) is 1.16. The van der Waals surface area contributed by atoms with Gasteiger partial charge in [-0.1, -0.05) is 30.3 Å². The molecule has 1 heterocycles. The lowest BCUT2D eigenvalue weighted by Crippen LogP contribution is -2.60. The first kappa shape index (κ1) is 13.4. The Morgan fingerprint density at radius 1 is 1.37 bits per heavy atom. The lowest BCUT2D eigenvalue weighted by Gasteiger charge is -2.39. The van der Waals surface area contributed by atoms with E-state index in [1.54, 1.807) is 6.92 Å². The van der Waals surface area contributed by atoms with Crippen LogP contribution in [0.3, 0.4) is 0 Å². The van der Waals surface area contributed by atoms with Crippen molar-refractivity contribution in [2.45, 2.75) is 31.9 Å². The molecule has 19 heavy (non-hydrogen) atoms. The van der Waals surface area contributed by atoms with Crippen LogP contribution in [0, 0.1) is 0 Å². The lowest BCUT2D eigenvalue weighted by molar-refractivity contribution is -0.183. The van der Waals surface area contributed by atoms with Gasteiger partial charge in [0.1, 0.15) is 6.10 Å². The third-order valence-electron chi connectivity index (χ3n) is 3.28. The highest BCUT2D eigenvalue weighted by Crippen LogP contribution is 2.21. The van der Waals surface area contributed by atoms with Crippen molar-refractivity contribution in [2.24, 2.45) is 0 Å². The molecule has 0 radical (unpaired) electrons. The Labute approximate surface area is 111 Å². The number of amides is 1. The monoisotopic (exact) mass is 263 g/mol. The predicted molar refractivity (Wildman–Crippen MR) is 68.8 cm³/mol. The van der Waals surface area contributed by atoms with Gasteiger partial charge in [0.05, 0.1) is 0 Å². The quantitative estimate of drug-likeness (QED) is 0.824. The third kappa shape index (κ3) is 3.05. The van der Waals surface area contributed by atoms with Crippen LogP contribution >= 0.6 is 0 Å². The van der Waals surface area contributed by atoms with Gasteiger partial charge in [-0.15, -0.1) is 0 Å². The van der Waals surface area contributed by atoms with Gasteiger partial charge < -0.3 is 9.84 Å². The molecule has 2 rings (SSSR count). The number of cyclic esters (lactones) is 1. The zero-order valence-electron chi connectivity index (χ0n) is 10.8. The second-order valence-electron chi connectivity index (χ2n) is 4.65. The number of hydrogen-bond donors (Lipinski definition) is 1. The zero-order valence-corrected chi connectivity index (χ0v) is 10.8. The Hall–Kier alpha value is -2.04. The van der Waals surface area contributed by atoms with E-state index in [0.717, 1.165) is 12.0 Å². The molecule has 1 amide bonds. The van der Waals surface area contributed by atoms with Crippen molar-refractivity contribution in [3.05, 3.63) is 35.9 Å². The number of carbonyl (C=O) groups is 2. The van der Waals surface area contributed by atoms with E-state index in [1.807, 2.05) is 30.3 Å². The van der Waals surface area contributed by atoms with Gasteiger partial charge in [0, 0.05) is 6.54 Å². The molecule has 5 nitrogen and oxygen atoms in total. The summed E-state index contributed by atoms with van der Waals surface area (Å²) in [5, 5.41) is 9.16. The zero-order chi connectivity index (χ0) is 13.8. The van der Waals surface area contributed by atoms with Crippen molar-refractivity contribution in [1.82, 2.24) is 4.90 Å². The molecule has 5 heteroatoms. The Morgan fingerprint density at radius 2 is 2.05 bits per heavy atom. The van der Waals surface area contributed by atoms with Crippen molar-refractivity contribution in [3.8, 4) is 0 Å². The topological polar surface area (TPSA) is 66.8 Å². The summed E-state index contributed by atoms with van der Waals surface area (Å²) in [6.07, 6.45) is 0.0648. The van der Waals surface area contributed by atoms with Gasteiger partial charge in [0.25, 0.3) is 0 Å². The fraction of sp³-hybridized carbons (Fsp3) is 0.429. The minimum absolute atomic E-state index is 0.342. The van der Waals surface area contributed by atoms with E-state index in [1.165, 1.54) is 4.90 Å². The lowest BCUT2D eigenvalue weighted by atomic mass is 10.0. The Bertz CT molecular complexity index is 460. The highest BCUT2D eigenvalue weighted by Gasteiger charge is 2.45. The summed E-state index contributed by atoms with van der Waals surface area (Å²) in [7, 11) is 0. The van der Waals surface area contributed by atoms with Crippen LogP contribution in [0.5, 0.6) is 0 Å². The van der Waals surface area contributed by atoms with Crippen molar-refractivity contribution >= 4 is 12.1 Å². The van der Waals surface area contributed by atoms with Gasteiger partial charge in [-0.05, 0) is 25.3 Å². The van der Waals surface area contributed by atoms with Crippen LogP contribution in [0.2, 0.25) is 0 Å². The van der Waals surface area contributed by atoms with Crippen LogP contribution in [0.4, 0.5) is 4.79 Å². The summed E-state index contributed by atoms with van der Waals surface area (Å²) in [5.74, 6) is -0.449. The molecule has 1 aliphatic rings. The molecule has 2 atom stereocenters.